The van der Waals surface area contributed by atoms with Crippen LogP contribution in [0.1, 0.15) is 35.7 Å². The van der Waals surface area contributed by atoms with Gasteiger partial charge in [0.15, 0.2) is 11.4 Å². The SMILES string of the molecule is COc1cc(OC)c2c(c1Cl)O[C@]1(C2=O)C(CNCc2ccccc2)CC(=O)C[C@H]1C. The molecule has 0 saturated heterocycles. The topological polar surface area (TPSA) is 73.9 Å². The molecule has 31 heavy (non-hydrogen) atoms. The average Bonchev–Trinajstić information content (AvgIpc) is 3.08. The van der Waals surface area contributed by atoms with Gasteiger partial charge in [0.1, 0.15) is 27.9 Å². The summed E-state index contributed by atoms with van der Waals surface area (Å²) in [4.78, 5) is 26.3. The van der Waals surface area contributed by atoms with Gasteiger partial charge >= 0.3 is 0 Å². The lowest BCUT2D eigenvalue weighted by Gasteiger charge is -2.43. The van der Waals surface area contributed by atoms with E-state index in [9.17, 15) is 9.59 Å². The molecule has 2 aromatic rings. The van der Waals surface area contributed by atoms with Crippen LogP contribution < -0.4 is 19.5 Å². The quantitative estimate of drug-likeness (QED) is 0.725. The highest BCUT2D eigenvalue weighted by Crippen LogP contribution is 2.55. The summed E-state index contributed by atoms with van der Waals surface area (Å²) in [5, 5.41) is 3.64. The molecule has 1 spiro atoms. The van der Waals surface area contributed by atoms with E-state index in [4.69, 9.17) is 25.8 Å². The van der Waals surface area contributed by atoms with Crippen LogP contribution in [-0.2, 0) is 11.3 Å². The molecule has 0 radical (unpaired) electrons. The van der Waals surface area contributed by atoms with Crippen molar-refractivity contribution in [2.75, 3.05) is 20.8 Å². The van der Waals surface area contributed by atoms with Crippen LogP contribution in [0.3, 0.4) is 0 Å². The molecule has 7 heteroatoms. The van der Waals surface area contributed by atoms with Gasteiger partial charge in [0.2, 0.25) is 5.78 Å². The summed E-state index contributed by atoms with van der Waals surface area (Å²) in [5.41, 5.74) is 0.272. The number of nitrogens with one attached hydrogen (secondary N) is 1. The normalized spacial score (nSPS) is 24.8. The number of ether oxygens (including phenoxy) is 3. The number of Topliss-reactive ketones (excluding diaryl/α,β-unsaturated/α-hetero) is 2. The monoisotopic (exact) mass is 443 g/mol. The number of ketones is 2. The Labute approximate surface area is 186 Å². The van der Waals surface area contributed by atoms with Crippen LogP contribution in [0.2, 0.25) is 5.02 Å². The second kappa shape index (κ2) is 8.52. The summed E-state index contributed by atoms with van der Waals surface area (Å²) in [7, 11) is 2.99. The molecule has 0 amide bonds. The van der Waals surface area contributed by atoms with Gasteiger partial charge in [-0.1, -0.05) is 48.9 Å². The van der Waals surface area contributed by atoms with E-state index in [1.807, 2.05) is 37.3 Å². The van der Waals surface area contributed by atoms with Crippen molar-refractivity contribution in [2.45, 2.75) is 31.9 Å². The molecule has 164 valence electrons. The number of methoxy groups -OCH3 is 2. The number of benzene rings is 2. The Hall–Kier alpha value is -2.57. The Morgan fingerprint density at radius 1 is 1.13 bits per heavy atom. The summed E-state index contributed by atoms with van der Waals surface area (Å²) in [6.45, 7) is 2.99. The summed E-state index contributed by atoms with van der Waals surface area (Å²) < 4.78 is 17.2. The number of rotatable bonds is 6. The van der Waals surface area contributed by atoms with E-state index in [1.165, 1.54) is 14.2 Å². The van der Waals surface area contributed by atoms with Gasteiger partial charge in [-0.2, -0.15) is 0 Å². The van der Waals surface area contributed by atoms with Crippen LogP contribution in [0, 0.1) is 11.8 Å². The zero-order valence-electron chi connectivity index (χ0n) is 17.9. The summed E-state index contributed by atoms with van der Waals surface area (Å²) >= 11 is 6.52. The van der Waals surface area contributed by atoms with Crippen molar-refractivity contribution in [3.63, 3.8) is 0 Å². The van der Waals surface area contributed by atoms with Crippen LogP contribution in [0.4, 0.5) is 0 Å². The largest absolute Gasteiger partial charge is 0.496 e. The molecule has 1 N–H and O–H groups in total. The van der Waals surface area contributed by atoms with Crippen molar-refractivity contribution in [3.8, 4) is 17.2 Å². The maximum absolute atomic E-state index is 13.8. The molecule has 1 heterocycles. The van der Waals surface area contributed by atoms with Gasteiger partial charge in [-0.25, -0.2) is 0 Å². The molecule has 4 rings (SSSR count). The van der Waals surface area contributed by atoms with Crippen molar-refractivity contribution in [1.82, 2.24) is 5.32 Å². The fraction of sp³-hybridized carbons (Fsp3) is 0.417. The number of carbonyl (C=O) groups excluding carboxylic acids is 2. The van der Waals surface area contributed by atoms with Gasteiger partial charge in [-0.15, -0.1) is 0 Å². The molecule has 3 atom stereocenters. The highest BCUT2D eigenvalue weighted by Gasteiger charge is 2.61. The van der Waals surface area contributed by atoms with E-state index in [1.54, 1.807) is 6.07 Å². The predicted molar refractivity (Wildman–Crippen MR) is 117 cm³/mol. The third-order valence-corrected chi connectivity index (χ3v) is 6.71. The van der Waals surface area contributed by atoms with E-state index < -0.39 is 5.60 Å². The number of halogens is 1. The van der Waals surface area contributed by atoms with Gasteiger partial charge < -0.3 is 19.5 Å². The molecule has 1 aliphatic heterocycles. The molecule has 2 aromatic carbocycles. The highest BCUT2D eigenvalue weighted by atomic mass is 35.5. The van der Waals surface area contributed by atoms with Gasteiger partial charge in [-0.3, -0.25) is 9.59 Å². The Bertz CT molecular complexity index is 1010. The molecule has 0 bridgehead atoms. The Morgan fingerprint density at radius 3 is 2.52 bits per heavy atom. The minimum atomic E-state index is -1.18. The van der Waals surface area contributed by atoms with Gasteiger partial charge in [0.05, 0.1) is 14.2 Å². The van der Waals surface area contributed by atoms with Gasteiger partial charge in [-0.05, 0) is 5.56 Å². The van der Waals surface area contributed by atoms with E-state index in [0.717, 1.165) is 5.56 Å². The number of hydrogen-bond acceptors (Lipinski definition) is 6. The summed E-state index contributed by atoms with van der Waals surface area (Å²) in [5.74, 6) is 0.321. The van der Waals surface area contributed by atoms with Crippen LogP contribution in [-0.4, -0.2) is 37.9 Å². The smallest absolute Gasteiger partial charge is 0.214 e. The summed E-state index contributed by atoms with van der Waals surface area (Å²) in [6.07, 6.45) is 0.551. The molecule has 1 saturated carbocycles. The fourth-order valence-electron chi connectivity index (χ4n) is 4.83. The molecular formula is C24H26ClNO5. The first-order valence-corrected chi connectivity index (χ1v) is 10.7. The van der Waals surface area contributed by atoms with Gasteiger partial charge in [0.25, 0.3) is 0 Å². The highest BCUT2D eigenvalue weighted by molar-refractivity contribution is 6.35. The fourth-order valence-corrected chi connectivity index (χ4v) is 5.09. The maximum Gasteiger partial charge on any atom is 0.214 e. The molecule has 1 unspecified atom stereocenters. The Balaban J connectivity index is 1.68. The van der Waals surface area contributed by atoms with Crippen LogP contribution in [0.25, 0.3) is 0 Å². The average molecular weight is 444 g/mol. The number of fused-ring (bicyclic) bond motifs is 1. The van der Waals surface area contributed by atoms with Crippen LogP contribution >= 0.6 is 11.6 Å². The number of carbonyl (C=O) groups is 2. The molecule has 2 aliphatic rings. The first kappa shape index (κ1) is 21.7. The second-order valence-corrected chi connectivity index (χ2v) is 8.56. The first-order chi connectivity index (χ1) is 14.9. The Morgan fingerprint density at radius 2 is 1.84 bits per heavy atom. The lowest BCUT2D eigenvalue weighted by molar-refractivity contribution is -0.129. The van der Waals surface area contributed by atoms with Crippen molar-refractivity contribution >= 4 is 23.2 Å². The predicted octanol–water partition coefficient (Wildman–Crippen LogP) is 4.08. The van der Waals surface area contributed by atoms with Crippen molar-refractivity contribution < 1.29 is 23.8 Å². The minimum Gasteiger partial charge on any atom is -0.496 e. The minimum absolute atomic E-state index is 0.132. The maximum atomic E-state index is 13.8. The van der Waals surface area contributed by atoms with Gasteiger partial charge in [0, 0.05) is 43.8 Å². The number of hydrogen-bond donors (Lipinski definition) is 1. The van der Waals surface area contributed by atoms with Crippen molar-refractivity contribution in [2.24, 2.45) is 11.8 Å². The lowest BCUT2D eigenvalue weighted by atomic mass is 9.66. The van der Waals surface area contributed by atoms with Crippen LogP contribution in [0.15, 0.2) is 36.4 Å². The Kier molecular flexibility index (Phi) is 5.95. The van der Waals surface area contributed by atoms with Crippen molar-refractivity contribution in [1.29, 1.82) is 0 Å². The van der Waals surface area contributed by atoms with E-state index in [-0.39, 0.29) is 47.0 Å². The molecule has 1 aliphatic carbocycles. The first-order valence-electron chi connectivity index (χ1n) is 10.4. The zero-order valence-corrected chi connectivity index (χ0v) is 18.6. The van der Waals surface area contributed by atoms with E-state index >= 15 is 0 Å². The van der Waals surface area contributed by atoms with Crippen molar-refractivity contribution in [3.05, 3.63) is 52.5 Å². The molecule has 6 nitrogen and oxygen atoms in total. The molecule has 1 fully saturated rings. The van der Waals surface area contributed by atoms with E-state index in [0.29, 0.717) is 30.2 Å². The zero-order chi connectivity index (χ0) is 22.2. The van der Waals surface area contributed by atoms with Crippen LogP contribution in [0.5, 0.6) is 17.2 Å². The standard InChI is InChI=1S/C24H26ClNO5/c1-14-9-17(27)10-16(13-26-12-15-7-5-4-6-8-15)24(14)23(28)20-18(29-2)11-19(30-3)21(25)22(20)31-24/h4-8,11,14,16,26H,9-10,12-13H2,1-3H3/t14-,16?,24+/m1/s1. The molecular weight excluding hydrogens is 418 g/mol. The third kappa shape index (κ3) is 3.58. The lowest BCUT2D eigenvalue weighted by Crippen LogP contribution is -2.59. The third-order valence-electron chi connectivity index (χ3n) is 6.35. The van der Waals surface area contributed by atoms with E-state index in [2.05, 4.69) is 5.32 Å². The summed E-state index contributed by atoms with van der Waals surface area (Å²) in [6, 6.07) is 11.6. The second-order valence-electron chi connectivity index (χ2n) is 8.18. The molecule has 0 aromatic heterocycles.